The first-order valence-corrected chi connectivity index (χ1v) is 8.29. The number of thioether (sulfide) groups is 1. The third kappa shape index (κ3) is 3.98. The second-order valence-electron chi connectivity index (χ2n) is 5.01. The largest absolute Gasteiger partial charge is 0.325 e. The molecule has 1 heterocycles. The van der Waals surface area contributed by atoms with Gasteiger partial charge in [-0.25, -0.2) is 0 Å². The Hall–Kier alpha value is -2.60. The number of fused-ring (bicyclic) bond motifs is 1. The van der Waals surface area contributed by atoms with E-state index < -0.39 is 0 Å². The van der Waals surface area contributed by atoms with Gasteiger partial charge < -0.3 is 5.32 Å². The molecule has 0 aliphatic heterocycles. The summed E-state index contributed by atoms with van der Waals surface area (Å²) >= 11 is 1.58. The number of hydrogen-bond acceptors (Lipinski definition) is 4. The molecule has 5 nitrogen and oxygen atoms in total. The third-order valence-corrected chi connectivity index (χ3v) is 4.32. The summed E-state index contributed by atoms with van der Waals surface area (Å²) in [7, 11) is 0. The van der Waals surface area contributed by atoms with Crippen LogP contribution >= 0.6 is 11.8 Å². The van der Waals surface area contributed by atoms with E-state index in [0.717, 1.165) is 28.0 Å². The molecule has 3 rings (SSSR count). The SMILES string of the molecule is C=Cc1ccc(CSCC(=O)Nc2ccc3n[nH]nc3c2)cc1. The minimum Gasteiger partial charge on any atom is -0.325 e. The molecule has 0 radical (unpaired) electrons. The van der Waals surface area contributed by atoms with E-state index in [0.29, 0.717) is 5.75 Å². The van der Waals surface area contributed by atoms with Gasteiger partial charge in [-0.05, 0) is 29.3 Å². The number of nitrogens with one attached hydrogen (secondary N) is 2. The molecule has 2 aromatic carbocycles. The van der Waals surface area contributed by atoms with Gasteiger partial charge in [0.2, 0.25) is 5.91 Å². The Morgan fingerprint density at radius 2 is 1.96 bits per heavy atom. The van der Waals surface area contributed by atoms with Crippen molar-refractivity contribution in [3.63, 3.8) is 0 Å². The van der Waals surface area contributed by atoms with E-state index in [1.54, 1.807) is 17.8 Å². The molecule has 0 saturated carbocycles. The van der Waals surface area contributed by atoms with Crippen molar-refractivity contribution in [3.05, 3.63) is 60.2 Å². The highest BCUT2D eigenvalue weighted by molar-refractivity contribution is 7.99. The lowest BCUT2D eigenvalue weighted by Crippen LogP contribution is -2.14. The maximum absolute atomic E-state index is 12.0. The highest BCUT2D eigenvalue weighted by atomic mass is 32.2. The third-order valence-electron chi connectivity index (χ3n) is 3.32. The van der Waals surface area contributed by atoms with Crippen molar-refractivity contribution in [1.29, 1.82) is 0 Å². The molecule has 23 heavy (non-hydrogen) atoms. The number of rotatable bonds is 6. The summed E-state index contributed by atoms with van der Waals surface area (Å²) in [5, 5.41) is 13.4. The minimum atomic E-state index is -0.0273. The van der Waals surface area contributed by atoms with E-state index in [1.807, 2.05) is 30.3 Å². The van der Waals surface area contributed by atoms with Gasteiger partial charge in [0, 0.05) is 11.4 Å². The molecular formula is C17H16N4OS. The molecule has 0 aliphatic carbocycles. The van der Waals surface area contributed by atoms with E-state index in [-0.39, 0.29) is 5.91 Å². The molecule has 3 aromatic rings. The summed E-state index contributed by atoms with van der Waals surface area (Å²) in [5.74, 6) is 1.17. The van der Waals surface area contributed by atoms with E-state index in [1.165, 1.54) is 5.56 Å². The number of carbonyl (C=O) groups is 1. The number of anilines is 1. The standard InChI is InChI=1S/C17H16N4OS/c1-2-12-3-5-13(6-4-12)10-23-11-17(22)18-14-7-8-15-16(9-14)20-21-19-15/h2-9H,1,10-11H2,(H,18,22)(H,19,20,21). The first-order valence-electron chi connectivity index (χ1n) is 7.14. The van der Waals surface area contributed by atoms with Crippen molar-refractivity contribution in [2.45, 2.75) is 5.75 Å². The Labute approximate surface area is 138 Å². The molecule has 0 unspecified atom stereocenters. The van der Waals surface area contributed by atoms with E-state index in [4.69, 9.17) is 0 Å². The maximum atomic E-state index is 12.0. The zero-order valence-corrected chi connectivity index (χ0v) is 13.3. The molecule has 0 bridgehead atoms. The van der Waals surface area contributed by atoms with Gasteiger partial charge in [0.15, 0.2) is 0 Å². The Morgan fingerprint density at radius 3 is 2.74 bits per heavy atom. The fourth-order valence-electron chi connectivity index (χ4n) is 2.13. The summed E-state index contributed by atoms with van der Waals surface area (Å²) in [6.07, 6.45) is 1.82. The van der Waals surface area contributed by atoms with Gasteiger partial charge in [0.25, 0.3) is 0 Å². The monoisotopic (exact) mass is 324 g/mol. The first kappa shape index (κ1) is 15.3. The van der Waals surface area contributed by atoms with Crippen LogP contribution in [-0.4, -0.2) is 27.1 Å². The maximum Gasteiger partial charge on any atom is 0.234 e. The zero-order chi connectivity index (χ0) is 16.1. The fourth-order valence-corrected chi connectivity index (χ4v) is 2.91. The lowest BCUT2D eigenvalue weighted by molar-refractivity contribution is -0.113. The molecule has 0 aliphatic rings. The quantitative estimate of drug-likeness (QED) is 0.728. The Morgan fingerprint density at radius 1 is 1.17 bits per heavy atom. The number of aromatic amines is 1. The molecule has 116 valence electrons. The lowest BCUT2D eigenvalue weighted by Gasteiger charge is -2.05. The van der Waals surface area contributed by atoms with Gasteiger partial charge >= 0.3 is 0 Å². The highest BCUT2D eigenvalue weighted by Gasteiger charge is 2.05. The number of amides is 1. The van der Waals surface area contributed by atoms with Gasteiger partial charge in [-0.1, -0.05) is 36.9 Å². The average molecular weight is 324 g/mol. The normalized spacial score (nSPS) is 10.6. The zero-order valence-electron chi connectivity index (χ0n) is 12.5. The molecule has 0 atom stereocenters. The van der Waals surface area contributed by atoms with Gasteiger partial charge in [0.05, 0.1) is 5.75 Å². The van der Waals surface area contributed by atoms with Gasteiger partial charge in [-0.2, -0.15) is 15.4 Å². The molecule has 0 spiro atoms. The Bertz CT molecular complexity index is 826. The molecule has 0 fully saturated rings. The average Bonchev–Trinajstić information content (AvgIpc) is 3.03. The molecule has 0 saturated heterocycles. The van der Waals surface area contributed by atoms with Crippen molar-refractivity contribution in [3.8, 4) is 0 Å². The van der Waals surface area contributed by atoms with Crippen LogP contribution < -0.4 is 5.32 Å². The first-order chi connectivity index (χ1) is 11.2. The van der Waals surface area contributed by atoms with Gasteiger partial charge in [0.1, 0.15) is 11.0 Å². The predicted molar refractivity (Wildman–Crippen MR) is 95.2 cm³/mol. The summed E-state index contributed by atoms with van der Waals surface area (Å²) in [6.45, 7) is 3.73. The summed E-state index contributed by atoms with van der Waals surface area (Å²) in [6, 6.07) is 13.6. The topological polar surface area (TPSA) is 70.7 Å². The van der Waals surface area contributed by atoms with Crippen LogP contribution in [0, 0.1) is 0 Å². The highest BCUT2D eigenvalue weighted by Crippen LogP contribution is 2.17. The number of aromatic nitrogens is 3. The van der Waals surface area contributed by atoms with E-state index in [9.17, 15) is 4.79 Å². The van der Waals surface area contributed by atoms with Gasteiger partial charge in [-0.3, -0.25) is 4.79 Å². The van der Waals surface area contributed by atoms with Crippen molar-refractivity contribution in [2.24, 2.45) is 0 Å². The lowest BCUT2D eigenvalue weighted by atomic mass is 10.1. The summed E-state index contributed by atoms with van der Waals surface area (Å²) < 4.78 is 0. The fraction of sp³-hybridized carbons (Fsp3) is 0.118. The van der Waals surface area contributed by atoms with Crippen LogP contribution in [0.2, 0.25) is 0 Å². The van der Waals surface area contributed by atoms with Crippen molar-refractivity contribution < 1.29 is 4.79 Å². The van der Waals surface area contributed by atoms with Crippen LogP contribution in [-0.2, 0) is 10.5 Å². The second-order valence-corrected chi connectivity index (χ2v) is 6.00. The predicted octanol–water partition coefficient (Wildman–Crippen LogP) is 3.47. The molecule has 1 aromatic heterocycles. The number of nitrogens with zero attached hydrogens (tertiary/aromatic N) is 2. The van der Waals surface area contributed by atoms with Crippen LogP contribution in [0.3, 0.4) is 0 Å². The summed E-state index contributed by atoms with van der Waals surface area (Å²) in [4.78, 5) is 12.0. The van der Waals surface area contributed by atoms with Crippen LogP contribution in [0.1, 0.15) is 11.1 Å². The van der Waals surface area contributed by atoms with Crippen LogP contribution in [0.5, 0.6) is 0 Å². The molecule has 2 N–H and O–H groups in total. The molecule has 6 heteroatoms. The Kier molecular flexibility index (Phi) is 4.73. The van der Waals surface area contributed by atoms with Crippen molar-refractivity contribution in [2.75, 3.05) is 11.1 Å². The number of benzene rings is 2. The number of hydrogen-bond donors (Lipinski definition) is 2. The van der Waals surface area contributed by atoms with Crippen LogP contribution in [0.25, 0.3) is 17.1 Å². The molecular weight excluding hydrogens is 308 g/mol. The van der Waals surface area contributed by atoms with Crippen LogP contribution in [0.4, 0.5) is 5.69 Å². The Balaban J connectivity index is 1.49. The van der Waals surface area contributed by atoms with Crippen LogP contribution in [0.15, 0.2) is 49.0 Å². The molecule has 1 amide bonds. The second kappa shape index (κ2) is 7.11. The van der Waals surface area contributed by atoms with E-state index >= 15 is 0 Å². The minimum absolute atomic E-state index is 0.0273. The van der Waals surface area contributed by atoms with Gasteiger partial charge in [-0.15, -0.1) is 11.8 Å². The summed E-state index contributed by atoms with van der Waals surface area (Å²) in [5.41, 5.74) is 4.53. The number of carbonyl (C=O) groups excluding carboxylic acids is 1. The number of H-pyrrole nitrogens is 1. The smallest absolute Gasteiger partial charge is 0.234 e. The van der Waals surface area contributed by atoms with E-state index in [2.05, 4.69) is 39.4 Å². The van der Waals surface area contributed by atoms with Crippen molar-refractivity contribution in [1.82, 2.24) is 15.4 Å². The van der Waals surface area contributed by atoms with Crippen molar-refractivity contribution >= 4 is 40.5 Å².